The van der Waals surface area contributed by atoms with E-state index in [-0.39, 0.29) is 18.2 Å². The molecule has 2 atom stereocenters. The highest BCUT2D eigenvalue weighted by molar-refractivity contribution is 5.70. The number of rotatable bonds is 2. The van der Waals surface area contributed by atoms with E-state index in [1.807, 2.05) is 13.8 Å². The Balaban J connectivity index is 2.26. The molecular formula is C8H13N5O2. The summed E-state index contributed by atoms with van der Waals surface area (Å²) in [5, 5.41) is 11.1. The van der Waals surface area contributed by atoms with Crippen LogP contribution in [0.15, 0.2) is 0 Å². The Morgan fingerprint density at radius 3 is 2.73 bits per heavy atom. The summed E-state index contributed by atoms with van der Waals surface area (Å²) in [6.07, 6.45) is -0.685. The highest BCUT2D eigenvalue weighted by Crippen LogP contribution is 2.29. The molecule has 7 heteroatoms. The van der Waals surface area contributed by atoms with Gasteiger partial charge in [0.05, 0.1) is 6.04 Å². The standard InChI is InChI=1S/C8H13N5O2/c1-4-13-5(2)6(15-8(13)14)7-9-10-11-12(7)3/h5-6H,4H2,1-3H3/t5-,6-/m0/s1. The summed E-state index contributed by atoms with van der Waals surface area (Å²) in [5.74, 6) is 0.576. The normalized spacial score (nSPS) is 25.8. The largest absolute Gasteiger partial charge is 0.436 e. The van der Waals surface area contributed by atoms with Crippen LogP contribution in [0, 0.1) is 0 Å². The van der Waals surface area contributed by atoms with Crippen molar-refractivity contribution in [2.75, 3.05) is 6.54 Å². The zero-order valence-electron chi connectivity index (χ0n) is 8.91. The molecule has 0 bridgehead atoms. The number of ether oxygens (including phenoxy) is 1. The lowest BCUT2D eigenvalue weighted by atomic mass is 10.1. The molecule has 1 aliphatic rings. The highest BCUT2D eigenvalue weighted by atomic mass is 16.6. The Morgan fingerprint density at radius 1 is 1.53 bits per heavy atom. The predicted octanol–water partition coefficient (Wildman–Crippen LogP) is 0.112. The molecule has 2 rings (SSSR count). The first-order valence-corrected chi connectivity index (χ1v) is 4.84. The fourth-order valence-corrected chi connectivity index (χ4v) is 1.77. The zero-order valence-corrected chi connectivity index (χ0v) is 8.91. The minimum atomic E-state index is -0.377. The summed E-state index contributed by atoms with van der Waals surface area (Å²) >= 11 is 0. The van der Waals surface area contributed by atoms with Gasteiger partial charge in [-0.05, 0) is 24.3 Å². The Hall–Kier alpha value is -1.66. The van der Waals surface area contributed by atoms with E-state index in [2.05, 4.69) is 15.5 Å². The van der Waals surface area contributed by atoms with Gasteiger partial charge in [0.1, 0.15) is 0 Å². The van der Waals surface area contributed by atoms with E-state index >= 15 is 0 Å². The maximum absolute atomic E-state index is 11.5. The summed E-state index contributed by atoms with van der Waals surface area (Å²) in [6, 6.07) is -0.0350. The predicted molar refractivity (Wildman–Crippen MR) is 49.9 cm³/mol. The Morgan fingerprint density at radius 2 is 2.27 bits per heavy atom. The number of likely N-dealkylation sites (N-methyl/N-ethyl adjacent to an activating group) is 1. The lowest BCUT2D eigenvalue weighted by molar-refractivity contribution is 0.124. The van der Waals surface area contributed by atoms with Crippen molar-refractivity contribution in [2.45, 2.75) is 26.0 Å². The quantitative estimate of drug-likeness (QED) is 0.694. The van der Waals surface area contributed by atoms with Crippen molar-refractivity contribution in [3.63, 3.8) is 0 Å². The molecule has 1 aromatic heterocycles. The van der Waals surface area contributed by atoms with Crippen LogP contribution in [0.25, 0.3) is 0 Å². The number of carbonyl (C=O) groups is 1. The van der Waals surface area contributed by atoms with Crippen LogP contribution in [0.1, 0.15) is 25.8 Å². The van der Waals surface area contributed by atoms with Gasteiger partial charge in [0.15, 0.2) is 11.9 Å². The molecule has 7 nitrogen and oxygen atoms in total. The van der Waals surface area contributed by atoms with Crippen molar-refractivity contribution < 1.29 is 9.53 Å². The molecule has 1 saturated heterocycles. The number of aromatic nitrogens is 4. The lowest BCUT2D eigenvalue weighted by Crippen LogP contribution is -2.32. The van der Waals surface area contributed by atoms with Crippen molar-refractivity contribution in [2.24, 2.45) is 7.05 Å². The van der Waals surface area contributed by atoms with Crippen LogP contribution in [-0.2, 0) is 11.8 Å². The van der Waals surface area contributed by atoms with Crippen LogP contribution in [-0.4, -0.2) is 43.8 Å². The molecule has 1 amide bonds. The van der Waals surface area contributed by atoms with Gasteiger partial charge < -0.3 is 9.64 Å². The van der Waals surface area contributed by atoms with E-state index in [1.54, 1.807) is 11.9 Å². The highest BCUT2D eigenvalue weighted by Gasteiger charge is 2.41. The molecule has 15 heavy (non-hydrogen) atoms. The molecular weight excluding hydrogens is 198 g/mol. The first kappa shape index (κ1) is 9.88. The summed E-state index contributed by atoms with van der Waals surface area (Å²) in [4.78, 5) is 13.1. The Kier molecular flexibility index (Phi) is 2.29. The summed E-state index contributed by atoms with van der Waals surface area (Å²) in [5.41, 5.74) is 0. The van der Waals surface area contributed by atoms with E-state index in [0.717, 1.165) is 0 Å². The molecule has 0 aromatic carbocycles. The van der Waals surface area contributed by atoms with Gasteiger partial charge in [-0.25, -0.2) is 9.48 Å². The molecule has 1 aromatic rings. The SMILES string of the molecule is CCN1C(=O)O[C@H](c2nnnn2C)[C@@H]1C. The second-order valence-corrected chi connectivity index (χ2v) is 3.49. The molecule has 2 heterocycles. The van der Waals surface area contributed by atoms with Gasteiger partial charge in [0.2, 0.25) is 0 Å². The van der Waals surface area contributed by atoms with Crippen molar-refractivity contribution in [1.29, 1.82) is 0 Å². The fraction of sp³-hybridized carbons (Fsp3) is 0.750. The van der Waals surface area contributed by atoms with Crippen LogP contribution in [0.2, 0.25) is 0 Å². The van der Waals surface area contributed by atoms with Crippen molar-refractivity contribution >= 4 is 6.09 Å². The van der Waals surface area contributed by atoms with Gasteiger partial charge in [-0.3, -0.25) is 0 Å². The first-order chi connectivity index (χ1) is 7.15. The van der Waals surface area contributed by atoms with Gasteiger partial charge in [0.25, 0.3) is 0 Å². The van der Waals surface area contributed by atoms with E-state index in [0.29, 0.717) is 12.4 Å². The van der Waals surface area contributed by atoms with Crippen LogP contribution < -0.4 is 0 Å². The third-order valence-electron chi connectivity index (χ3n) is 2.64. The molecule has 82 valence electrons. The smallest absolute Gasteiger partial charge is 0.410 e. The molecule has 0 saturated carbocycles. The third kappa shape index (κ3) is 1.43. The lowest BCUT2D eigenvalue weighted by Gasteiger charge is -2.17. The van der Waals surface area contributed by atoms with Gasteiger partial charge in [-0.2, -0.15) is 0 Å². The Bertz CT molecular complexity index is 377. The molecule has 0 radical (unpaired) electrons. The summed E-state index contributed by atoms with van der Waals surface area (Å²) < 4.78 is 6.75. The second-order valence-electron chi connectivity index (χ2n) is 3.49. The number of aryl methyl sites for hydroxylation is 1. The van der Waals surface area contributed by atoms with Gasteiger partial charge >= 0.3 is 6.09 Å². The molecule has 0 spiro atoms. The molecule has 0 N–H and O–H groups in total. The summed E-state index contributed by atoms with van der Waals surface area (Å²) in [6.45, 7) is 4.46. The number of nitrogens with zero attached hydrogens (tertiary/aromatic N) is 5. The van der Waals surface area contributed by atoms with E-state index < -0.39 is 0 Å². The number of cyclic esters (lactones) is 1. The fourth-order valence-electron chi connectivity index (χ4n) is 1.77. The minimum absolute atomic E-state index is 0.0350. The monoisotopic (exact) mass is 211 g/mol. The van der Waals surface area contributed by atoms with Crippen LogP contribution in [0.5, 0.6) is 0 Å². The van der Waals surface area contributed by atoms with E-state index in [9.17, 15) is 4.79 Å². The average Bonchev–Trinajstić information content (AvgIpc) is 2.71. The van der Waals surface area contributed by atoms with Crippen LogP contribution in [0.4, 0.5) is 4.79 Å². The molecule has 1 aliphatic heterocycles. The first-order valence-electron chi connectivity index (χ1n) is 4.84. The molecule has 1 fully saturated rings. The number of hydrogen-bond donors (Lipinski definition) is 0. The number of carbonyl (C=O) groups excluding carboxylic acids is 1. The van der Waals surface area contributed by atoms with Crippen molar-refractivity contribution in [1.82, 2.24) is 25.1 Å². The number of hydrogen-bond acceptors (Lipinski definition) is 5. The summed E-state index contributed by atoms with van der Waals surface area (Å²) in [7, 11) is 1.73. The number of amides is 1. The van der Waals surface area contributed by atoms with Crippen LogP contribution >= 0.6 is 0 Å². The van der Waals surface area contributed by atoms with Crippen molar-refractivity contribution in [3.8, 4) is 0 Å². The van der Waals surface area contributed by atoms with Crippen LogP contribution in [0.3, 0.4) is 0 Å². The maximum Gasteiger partial charge on any atom is 0.410 e. The van der Waals surface area contributed by atoms with Gasteiger partial charge in [-0.1, -0.05) is 0 Å². The second kappa shape index (κ2) is 3.48. The zero-order chi connectivity index (χ0) is 11.0. The van der Waals surface area contributed by atoms with Gasteiger partial charge in [-0.15, -0.1) is 5.10 Å². The minimum Gasteiger partial charge on any atom is -0.436 e. The molecule has 0 unspecified atom stereocenters. The maximum atomic E-state index is 11.5. The topological polar surface area (TPSA) is 73.1 Å². The van der Waals surface area contributed by atoms with Crippen molar-refractivity contribution in [3.05, 3.63) is 5.82 Å². The molecule has 0 aliphatic carbocycles. The third-order valence-corrected chi connectivity index (χ3v) is 2.64. The van der Waals surface area contributed by atoms with E-state index in [4.69, 9.17) is 4.74 Å². The van der Waals surface area contributed by atoms with Gasteiger partial charge in [0, 0.05) is 13.6 Å². The van der Waals surface area contributed by atoms with E-state index in [1.165, 1.54) is 4.68 Å². The Labute approximate surface area is 87.0 Å². The average molecular weight is 211 g/mol. The number of tetrazole rings is 1.